The maximum absolute atomic E-state index is 11.9. The van der Waals surface area contributed by atoms with Crippen LogP contribution in [0.3, 0.4) is 0 Å². The van der Waals surface area contributed by atoms with Crippen LogP contribution in [0.1, 0.15) is 18.1 Å². The molecule has 144 valence electrons. The molecule has 7 heteroatoms. The number of sulfonamides is 1. The summed E-state index contributed by atoms with van der Waals surface area (Å²) in [6.45, 7) is 1.85. The molecule has 0 aromatic heterocycles. The molecular formula is C20H23NO5S. The number of esters is 1. The molecule has 0 fully saturated rings. The average Bonchev–Trinajstić information content (AvgIpc) is 2.69. The molecule has 2 rings (SSSR count). The van der Waals surface area contributed by atoms with Crippen molar-refractivity contribution in [1.82, 2.24) is 4.72 Å². The van der Waals surface area contributed by atoms with Gasteiger partial charge in [0.1, 0.15) is 25.5 Å². The SMILES string of the molecule is CCc1cccc(OCCOC(=O)CNS(=O)(=O)/C=C/c2ccccc2)c1. The molecule has 0 aliphatic carbocycles. The van der Waals surface area contributed by atoms with Crippen molar-refractivity contribution in [2.75, 3.05) is 19.8 Å². The smallest absolute Gasteiger partial charge is 0.321 e. The normalized spacial score (nSPS) is 11.4. The van der Waals surface area contributed by atoms with Gasteiger partial charge >= 0.3 is 5.97 Å². The Morgan fingerprint density at radius 3 is 2.59 bits per heavy atom. The molecule has 6 nitrogen and oxygen atoms in total. The molecule has 2 aromatic carbocycles. The van der Waals surface area contributed by atoms with E-state index < -0.39 is 22.5 Å². The summed E-state index contributed by atoms with van der Waals surface area (Å²) in [5.74, 6) is 0.0368. The number of ether oxygens (including phenoxy) is 2. The number of hydrogen-bond acceptors (Lipinski definition) is 5. The Balaban J connectivity index is 1.68. The average molecular weight is 389 g/mol. The number of rotatable bonds is 10. The van der Waals surface area contributed by atoms with Gasteiger partial charge in [0.05, 0.1) is 0 Å². The van der Waals surface area contributed by atoms with Crippen LogP contribution in [0.15, 0.2) is 60.0 Å². The molecule has 0 saturated heterocycles. The first-order valence-electron chi connectivity index (χ1n) is 8.58. The Labute approximate surface area is 159 Å². The summed E-state index contributed by atoms with van der Waals surface area (Å²) in [6.07, 6.45) is 2.36. The van der Waals surface area contributed by atoms with Gasteiger partial charge in [-0.25, -0.2) is 13.1 Å². The number of aryl methyl sites for hydroxylation is 1. The first-order chi connectivity index (χ1) is 13.0. The number of benzene rings is 2. The monoisotopic (exact) mass is 389 g/mol. The molecule has 0 heterocycles. The van der Waals surface area contributed by atoms with E-state index in [0.717, 1.165) is 23.0 Å². The molecule has 0 aliphatic rings. The van der Waals surface area contributed by atoms with Crippen molar-refractivity contribution >= 4 is 22.1 Å². The van der Waals surface area contributed by atoms with Gasteiger partial charge in [0.15, 0.2) is 0 Å². The van der Waals surface area contributed by atoms with E-state index in [0.29, 0.717) is 5.75 Å². The van der Waals surface area contributed by atoms with Gasteiger partial charge < -0.3 is 9.47 Å². The molecule has 1 N–H and O–H groups in total. The van der Waals surface area contributed by atoms with Crippen LogP contribution in [0, 0.1) is 0 Å². The summed E-state index contributed by atoms with van der Waals surface area (Å²) in [5, 5.41) is 1.01. The fourth-order valence-corrected chi connectivity index (χ4v) is 2.91. The van der Waals surface area contributed by atoms with Gasteiger partial charge in [-0.05, 0) is 35.8 Å². The van der Waals surface area contributed by atoms with Crippen LogP contribution >= 0.6 is 0 Å². The third-order valence-electron chi connectivity index (χ3n) is 3.58. The van der Waals surface area contributed by atoms with Gasteiger partial charge in [-0.2, -0.15) is 0 Å². The number of nitrogens with one attached hydrogen (secondary N) is 1. The van der Waals surface area contributed by atoms with Crippen molar-refractivity contribution in [3.8, 4) is 5.75 Å². The number of carbonyl (C=O) groups excluding carboxylic acids is 1. The topological polar surface area (TPSA) is 81.7 Å². The molecule has 0 bridgehead atoms. The molecule has 0 unspecified atom stereocenters. The predicted molar refractivity (Wildman–Crippen MR) is 105 cm³/mol. The second-order valence-electron chi connectivity index (χ2n) is 5.65. The zero-order valence-corrected chi connectivity index (χ0v) is 15.9. The van der Waals surface area contributed by atoms with Gasteiger partial charge in [-0.3, -0.25) is 4.79 Å². The Morgan fingerprint density at radius 2 is 1.85 bits per heavy atom. The van der Waals surface area contributed by atoms with Gasteiger partial charge in [0, 0.05) is 5.41 Å². The van der Waals surface area contributed by atoms with E-state index >= 15 is 0 Å². The molecule has 27 heavy (non-hydrogen) atoms. The maximum Gasteiger partial charge on any atom is 0.321 e. The second-order valence-corrected chi connectivity index (χ2v) is 7.30. The van der Waals surface area contributed by atoms with Gasteiger partial charge in [-0.1, -0.05) is 49.4 Å². The third-order valence-corrected chi connectivity index (χ3v) is 4.62. The Morgan fingerprint density at radius 1 is 1.07 bits per heavy atom. The largest absolute Gasteiger partial charge is 0.490 e. The molecule has 0 spiro atoms. The van der Waals surface area contributed by atoms with Crippen molar-refractivity contribution in [2.45, 2.75) is 13.3 Å². The lowest BCUT2D eigenvalue weighted by atomic mass is 10.2. The number of carbonyl (C=O) groups is 1. The fourth-order valence-electron chi connectivity index (χ4n) is 2.16. The summed E-state index contributed by atoms with van der Waals surface area (Å²) < 4.78 is 36.3. The van der Waals surface area contributed by atoms with E-state index in [1.165, 1.54) is 6.08 Å². The molecule has 0 atom stereocenters. The molecule has 0 saturated carbocycles. The second kappa shape index (κ2) is 10.5. The first kappa shape index (κ1) is 20.7. The standard InChI is InChI=1S/C20H23NO5S/c1-2-17-9-6-10-19(15-17)25-12-13-26-20(22)16-21-27(23,24)14-11-18-7-4-3-5-8-18/h3-11,14-15,21H,2,12-13,16H2,1H3/b14-11+. The van der Waals surface area contributed by atoms with Gasteiger partial charge in [0.25, 0.3) is 0 Å². The Kier molecular flexibility index (Phi) is 8.03. The van der Waals surface area contributed by atoms with E-state index in [2.05, 4.69) is 11.6 Å². The van der Waals surface area contributed by atoms with Gasteiger partial charge in [0.2, 0.25) is 10.0 Å². The summed E-state index contributed by atoms with van der Waals surface area (Å²) in [4.78, 5) is 11.6. The molecule has 0 aliphatic heterocycles. The quantitative estimate of drug-likeness (QED) is 0.499. The molecule has 2 aromatic rings. The summed E-state index contributed by atoms with van der Waals surface area (Å²) >= 11 is 0. The highest BCUT2D eigenvalue weighted by Crippen LogP contribution is 2.13. The molecule has 0 amide bonds. The third kappa shape index (κ3) is 8.06. The zero-order valence-electron chi connectivity index (χ0n) is 15.1. The van der Waals surface area contributed by atoms with E-state index in [9.17, 15) is 13.2 Å². The first-order valence-corrected chi connectivity index (χ1v) is 10.1. The zero-order chi connectivity index (χ0) is 19.5. The van der Waals surface area contributed by atoms with Crippen molar-refractivity contribution in [3.63, 3.8) is 0 Å². The van der Waals surface area contributed by atoms with Crippen LogP contribution in [0.2, 0.25) is 0 Å². The minimum atomic E-state index is -3.72. The highest BCUT2D eigenvalue weighted by molar-refractivity contribution is 7.92. The van der Waals surface area contributed by atoms with Crippen molar-refractivity contribution in [2.24, 2.45) is 0 Å². The van der Waals surface area contributed by atoms with E-state index in [1.807, 2.05) is 30.3 Å². The van der Waals surface area contributed by atoms with Crippen LogP contribution in [0.5, 0.6) is 5.75 Å². The van der Waals surface area contributed by atoms with E-state index in [-0.39, 0.29) is 13.2 Å². The highest BCUT2D eigenvalue weighted by Gasteiger charge is 2.10. The Hall–Kier alpha value is -2.64. The predicted octanol–water partition coefficient (Wildman–Crippen LogP) is 2.76. The molecular weight excluding hydrogens is 366 g/mol. The fraction of sp³-hybridized carbons (Fsp3) is 0.250. The molecule has 0 radical (unpaired) electrons. The highest BCUT2D eigenvalue weighted by atomic mass is 32.2. The number of hydrogen-bond donors (Lipinski definition) is 1. The van der Waals surface area contributed by atoms with Crippen LogP contribution in [0.25, 0.3) is 6.08 Å². The lowest BCUT2D eigenvalue weighted by Crippen LogP contribution is -2.30. The van der Waals surface area contributed by atoms with Crippen LogP contribution < -0.4 is 9.46 Å². The lowest BCUT2D eigenvalue weighted by Gasteiger charge is -2.08. The van der Waals surface area contributed by atoms with Crippen molar-refractivity contribution in [1.29, 1.82) is 0 Å². The lowest BCUT2D eigenvalue weighted by molar-refractivity contribution is -0.142. The van der Waals surface area contributed by atoms with E-state index in [1.54, 1.807) is 24.3 Å². The summed E-state index contributed by atoms with van der Waals surface area (Å²) in [7, 11) is -3.72. The van der Waals surface area contributed by atoms with E-state index in [4.69, 9.17) is 9.47 Å². The minimum Gasteiger partial charge on any atom is -0.490 e. The van der Waals surface area contributed by atoms with Crippen LogP contribution in [-0.2, 0) is 26.0 Å². The maximum atomic E-state index is 11.9. The Bertz CT molecular complexity index is 863. The minimum absolute atomic E-state index is 0.0385. The van der Waals surface area contributed by atoms with Crippen molar-refractivity contribution in [3.05, 3.63) is 71.1 Å². The van der Waals surface area contributed by atoms with Crippen LogP contribution in [0.4, 0.5) is 0 Å². The summed E-state index contributed by atoms with van der Waals surface area (Å²) in [5.41, 5.74) is 1.90. The van der Waals surface area contributed by atoms with Crippen LogP contribution in [-0.4, -0.2) is 34.1 Å². The van der Waals surface area contributed by atoms with Crippen molar-refractivity contribution < 1.29 is 22.7 Å². The summed E-state index contributed by atoms with van der Waals surface area (Å²) in [6, 6.07) is 16.7. The van der Waals surface area contributed by atoms with Gasteiger partial charge in [-0.15, -0.1) is 0 Å².